The topological polar surface area (TPSA) is 55.0 Å². The predicted octanol–water partition coefficient (Wildman–Crippen LogP) is 5.44. The van der Waals surface area contributed by atoms with Crippen LogP contribution >= 0.6 is 11.8 Å². The zero-order chi connectivity index (χ0) is 22.3. The second-order valence-corrected chi connectivity index (χ2v) is 8.58. The average Bonchev–Trinajstić information content (AvgIpc) is 2.75. The molecule has 6 heteroatoms. The fourth-order valence-corrected chi connectivity index (χ4v) is 3.21. The Labute approximate surface area is 184 Å². The number of hydrogen-bond acceptors (Lipinski definition) is 6. The van der Waals surface area contributed by atoms with Crippen LogP contribution in [0.2, 0.25) is 0 Å². The molecule has 0 fully saturated rings. The molecule has 0 unspecified atom stereocenters. The van der Waals surface area contributed by atoms with Gasteiger partial charge < -0.3 is 9.80 Å². The monoisotopic (exact) mass is 419 g/mol. The van der Waals surface area contributed by atoms with E-state index in [4.69, 9.17) is 5.26 Å². The van der Waals surface area contributed by atoms with Crippen LogP contribution in [0.25, 0.3) is 11.1 Å². The fourth-order valence-electron chi connectivity index (χ4n) is 2.66. The zero-order valence-electron chi connectivity index (χ0n) is 18.6. The molecule has 0 aromatic heterocycles. The van der Waals surface area contributed by atoms with Gasteiger partial charge in [-0.15, -0.1) is 16.9 Å². The molecule has 156 valence electrons. The third kappa shape index (κ3) is 6.50. The third-order valence-electron chi connectivity index (χ3n) is 4.50. The van der Waals surface area contributed by atoms with Crippen LogP contribution in [0.1, 0.15) is 19.4 Å². The van der Waals surface area contributed by atoms with Gasteiger partial charge in [0.15, 0.2) is 0 Å². The summed E-state index contributed by atoms with van der Waals surface area (Å²) < 4.78 is 0. The Bertz CT molecular complexity index is 1010. The van der Waals surface area contributed by atoms with Crippen molar-refractivity contribution in [1.82, 2.24) is 0 Å². The van der Waals surface area contributed by atoms with E-state index in [2.05, 4.69) is 69.0 Å². The van der Waals surface area contributed by atoms with E-state index in [0.29, 0.717) is 11.3 Å². The van der Waals surface area contributed by atoms with Crippen molar-refractivity contribution in [2.75, 3.05) is 43.7 Å². The first kappa shape index (κ1) is 23.2. The van der Waals surface area contributed by atoms with Gasteiger partial charge in [-0.3, -0.25) is 0 Å². The summed E-state index contributed by atoms with van der Waals surface area (Å²) in [5, 5.41) is 18.4. The summed E-state index contributed by atoms with van der Waals surface area (Å²) in [4.78, 5) is 4.19. The van der Waals surface area contributed by atoms with Gasteiger partial charge in [-0.1, -0.05) is 18.7 Å². The summed E-state index contributed by atoms with van der Waals surface area (Å²) in [6.07, 6.45) is 0. The second-order valence-electron chi connectivity index (χ2n) is 7.42. The normalized spacial score (nSPS) is 11.8. The summed E-state index contributed by atoms with van der Waals surface area (Å²) in [5.74, 6) is 0.531. The first-order valence-corrected chi connectivity index (χ1v) is 10.6. The first-order valence-electron chi connectivity index (χ1n) is 9.61. The van der Waals surface area contributed by atoms with E-state index < -0.39 is 0 Å². The van der Waals surface area contributed by atoms with Gasteiger partial charge in [-0.25, -0.2) is 0 Å². The van der Waals surface area contributed by atoms with Gasteiger partial charge >= 0.3 is 0 Å². The van der Waals surface area contributed by atoms with Crippen molar-refractivity contribution in [2.24, 2.45) is 10.2 Å². The molecule has 0 aliphatic rings. The molecule has 0 saturated heterocycles. The van der Waals surface area contributed by atoms with E-state index in [1.807, 2.05) is 48.1 Å². The fraction of sp³-hybridized carbons (Fsp3) is 0.292. The zero-order valence-corrected chi connectivity index (χ0v) is 19.4. The molecule has 2 aromatic rings. The van der Waals surface area contributed by atoms with Crippen LogP contribution < -0.4 is 9.80 Å². The molecule has 0 aliphatic carbocycles. The third-order valence-corrected chi connectivity index (χ3v) is 5.49. The van der Waals surface area contributed by atoms with Crippen molar-refractivity contribution in [2.45, 2.75) is 13.8 Å². The van der Waals surface area contributed by atoms with Crippen molar-refractivity contribution >= 4 is 33.9 Å². The standard InChI is InChI=1S/C24H29N5S/c1-17(15-25)16-30-19(3)27-26-18(2)21-11-22(14-24(13-21)29(6)7)20-9-8-10-23(12-20)28(4)5/h8-14H,1,16H2,2-7H3/b26-18+,27-19+. The Hall–Kier alpha value is -3.04. The van der Waals surface area contributed by atoms with Gasteiger partial charge in [0.05, 0.1) is 16.8 Å². The molecule has 0 amide bonds. The van der Waals surface area contributed by atoms with Gasteiger partial charge in [0.25, 0.3) is 0 Å². The number of rotatable bonds is 7. The number of hydrogen-bond donors (Lipinski definition) is 0. The second kappa shape index (κ2) is 10.7. The van der Waals surface area contributed by atoms with Crippen LogP contribution in [0.4, 0.5) is 11.4 Å². The van der Waals surface area contributed by atoms with Crippen LogP contribution in [0, 0.1) is 11.3 Å². The van der Waals surface area contributed by atoms with Gasteiger partial charge in [-0.05, 0) is 55.3 Å². The predicted molar refractivity (Wildman–Crippen MR) is 133 cm³/mol. The highest BCUT2D eigenvalue weighted by Crippen LogP contribution is 2.29. The van der Waals surface area contributed by atoms with Gasteiger partial charge in [-0.2, -0.15) is 10.4 Å². The van der Waals surface area contributed by atoms with Crippen LogP contribution in [-0.2, 0) is 0 Å². The van der Waals surface area contributed by atoms with Crippen molar-refractivity contribution in [1.29, 1.82) is 5.26 Å². The highest BCUT2D eigenvalue weighted by Gasteiger charge is 2.09. The lowest BCUT2D eigenvalue weighted by atomic mass is 9.99. The first-order chi connectivity index (χ1) is 14.2. The molecule has 0 bridgehead atoms. The molecule has 0 aliphatic heterocycles. The molecule has 0 radical (unpaired) electrons. The highest BCUT2D eigenvalue weighted by molar-refractivity contribution is 8.14. The summed E-state index contributed by atoms with van der Waals surface area (Å²) in [7, 11) is 8.16. The molecule has 0 atom stereocenters. The van der Waals surface area contributed by atoms with E-state index >= 15 is 0 Å². The van der Waals surface area contributed by atoms with E-state index in [1.54, 1.807) is 0 Å². The van der Waals surface area contributed by atoms with Crippen LogP contribution in [0.15, 0.2) is 64.8 Å². The lowest BCUT2D eigenvalue weighted by Crippen LogP contribution is -2.10. The molecular formula is C24H29N5S. The number of benzene rings is 2. The molecule has 0 saturated carbocycles. The summed E-state index contributed by atoms with van der Waals surface area (Å²) in [6, 6.07) is 17.0. The molecule has 2 aromatic carbocycles. The van der Waals surface area contributed by atoms with E-state index in [1.165, 1.54) is 11.8 Å². The van der Waals surface area contributed by atoms with Crippen LogP contribution in [-0.4, -0.2) is 44.7 Å². The lowest BCUT2D eigenvalue weighted by Gasteiger charge is -2.18. The SMILES string of the molecule is C=C(C#N)CS/C(C)=N/N=C(\C)c1cc(-c2cccc(N(C)C)c2)cc(N(C)C)c1. The van der Waals surface area contributed by atoms with Gasteiger partial charge in [0.2, 0.25) is 0 Å². The number of thioether (sulfide) groups is 1. The van der Waals surface area contributed by atoms with Crippen LogP contribution in [0.3, 0.4) is 0 Å². The Morgan fingerprint density at radius 2 is 1.63 bits per heavy atom. The maximum Gasteiger partial charge on any atom is 0.0949 e. The van der Waals surface area contributed by atoms with Crippen LogP contribution in [0.5, 0.6) is 0 Å². The minimum Gasteiger partial charge on any atom is -0.378 e. The smallest absolute Gasteiger partial charge is 0.0949 e. The molecule has 30 heavy (non-hydrogen) atoms. The number of nitriles is 1. The van der Waals surface area contributed by atoms with Crippen molar-refractivity contribution < 1.29 is 0 Å². The summed E-state index contributed by atoms with van der Waals surface area (Å²) in [6.45, 7) is 7.54. The maximum absolute atomic E-state index is 8.82. The van der Waals surface area contributed by atoms with Gasteiger partial charge in [0.1, 0.15) is 0 Å². The molecule has 0 spiro atoms. The Morgan fingerprint density at radius 3 is 2.27 bits per heavy atom. The van der Waals surface area contributed by atoms with E-state index in [0.717, 1.165) is 38.8 Å². The molecule has 0 N–H and O–H groups in total. The minimum atomic E-state index is 0.526. The Kier molecular flexibility index (Phi) is 8.25. The Morgan fingerprint density at radius 1 is 0.967 bits per heavy atom. The largest absolute Gasteiger partial charge is 0.378 e. The maximum atomic E-state index is 8.82. The van der Waals surface area contributed by atoms with E-state index in [9.17, 15) is 0 Å². The molecule has 0 heterocycles. The lowest BCUT2D eigenvalue weighted by molar-refractivity contribution is 1.13. The van der Waals surface area contributed by atoms with Crippen molar-refractivity contribution in [3.8, 4) is 17.2 Å². The average molecular weight is 420 g/mol. The summed E-state index contributed by atoms with van der Waals surface area (Å²) in [5.41, 5.74) is 6.94. The molecule has 5 nitrogen and oxygen atoms in total. The highest BCUT2D eigenvalue weighted by atomic mass is 32.2. The number of anilines is 2. The minimum absolute atomic E-state index is 0.526. The van der Waals surface area contributed by atoms with Crippen molar-refractivity contribution in [3.05, 3.63) is 60.2 Å². The molecule has 2 rings (SSSR count). The molecular weight excluding hydrogens is 390 g/mol. The Balaban J connectivity index is 2.39. The number of nitrogens with zero attached hydrogens (tertiary/aromatic N) is 5. The van der Waals surface area contributed by atoms with Crippen molar-refractivity contribution in [3.63, 3.8) is 0 Å². The quantitative estimate of drug-likeness (QED) is 0.259. The summed E-state index contributed by atoms with van der Waals surface area (Å²) >= 11 is 1.47. The van der Waals surface area contributed by atoms with E-state index in [-0.39, 0.29) is 0 Å². The van der Waals surface area contributed by atoms with Gasteiger partial charge in [0, 0.05) is 56.5 Å².